The minimum atomic E-state index is 0.0659. The van der Waals surface area contributed by atoms with Crippen LogP contribution in [0.15, 0.2) is 24.3 Å². The Morgan fingerprint density at radius 1 is 1.46 bits per heavy atom. The summed E-state index contributed by atoms with van der Waals surface area (Å²) in [6.07, 6.45) is 1.15. The lowest BCUT2D eigenvalue weighted by Gasteiger charge is -2.15. The van der Waals surface area contributed by atoms with Crippen LogP contribution in [-0.2, 0) is 11.2 Å². The SMILES string of the molecule is CCOC1Cc2ccccc2C1N. The lowest BCUT2D eigenvalue weighted by atomic mass is 10.1. The summed E-state index contributed by atoms with van der Waals surface area (Å²) >= 11 is 0. The molecule has 2 nitrogen and oxygen atoms in total. The number of rotatable bonds is 2. The largest absolute Gasteiger partial charge is 0.376 e. The van der Waals surface area contributed by atoms with Gasteiger partial charge in [0.25, 0.3) is 0 Å². The number of ether oxygens (including phenoxy) is 1. The summed E-state index contributed by atoms with van der Waals surface area (Å²) in [4.78, 5) is 0. The van der Waals surface area contributed by atoms with E-state index < -0.39 is 0 Å². The van der Waals surface area contributed by atoms with Gasteiger partial charge in [-0.05, 0) is 18.1 Å². The van der Waals surface area contributed by atoms with Crippen LogP contribution in [0, 0.1) is 0 Å². The number of fused-ring (bicyclic) bond motifs is 1. The van der Waals surface area contributed by atoms with E-state index in [0.29, 0.717) is 0 Å². The molecule has 1 aromatic rings. The molecular formula is C11H15NO. The average molecular weight is 177 g/mol. The lowest BCUT2D eigenvalue weighted by Crippen LogP contribution is -2.24. The van der Waals surface area contributed by atoms with E-state index in [4.69, 9.17) is 10.5 Å². The van der Waals surface area contributed by atoms with Gasteiger partial charge in [0.2, 0.25) is 0 Å². The molecule has 0 radical (unpaired) electrons. The van der Waals surface area contributed by atoms with Gasteiger partial charge in [-0.3, -0.25) is 0 Å². The molecule has 0 saturated carbocycles. The van der Waals surface area contributed by atoms with Crippen LogP contribution in [0.4, 0.5) is 0 Å². The van der Waals surface area contributed by atoms with Crippen LogP contribution in [0.25, 0.3) is 0 Å². The molecule has 2 rings (SSSR count). The fourth-order valence-corrected chi connectivity index (χ4v) is 1.97. The van der Waals surface area contributed by atoms with Crippen LogP contribution >= 0.6 is 0 Å². The molecule has 2 heteroatoms. The molecule has 0 heterocycles. The standard InChI is InChI=1S/C11H15NO/c1-2-13-10-7-8-5-3-4-6-9(8)11(10)12/h3-6,10-11H,2,7,12H2,1H3. The Balaban J connectivity index is 2.22. The van der Waals surface area contributed by atoms with Crippen molar-refractivity contribution >= 4 is 0 Å². The van der Waals surface area contributed by atoms with Gasteiger partial charge in [-0.25, -0.2) is 0 Å². The van der Waals surface area contributed by atoms with Crippen LogP contribution in [0.3, 0.4) is 0 Å². The molecule has 0 fully saturated rings. The van der Waals surface area contributed by atoms with E-state index in [1.54, 1.807) is 0 Å². The topological polar surface area (TPSA) is 35.2 Å². The van der Waals surface area contributed by atoms with Gasteiger partial charge in [0.1, 0.15) is 0 Å². The zero-order valence-corrected chi connectivity index (χ0v) is 7.86. The highest BCUT2D eigenvalue weighted by Gasteiger charge is 2.29. The second kappa shape index (κ2) is 3.48. The lowest BCUT2D eigenvalue weighted by molar-refractivity contribution is 0.0529. The summed E-state index contributed by atoms with van der Waals surface area (Å²) in [6.45, 7) is 2.75. The quantitative estimate of drug-likeness (QED) is 0.745. The van der Waals surface area contributed by atoms with Crippen LogP contribution in [-0.4, -0.2) is 12.7 Å². The van der Waals surface area contributed by atoms with E-state index in [2.05, 4.69) is 18.2 Å². The monoisotopic (exact) mass is 177 g/mol. The van der Waals surface area contributed by atoms with Crippen molar-refractivity contribution in [3.8, 4) is 0 Å². The Morgan fingerprint density at radius 2 is 2.23 bits per heavy atom. The maximum atomic E-state index is 6.05. The van der Waals surface area contributed by atoms with Gasteiger partial charge >= 0.3 is 0 Å². The minimum Gasteiger partial charge on any atom is -0.376 e. The maximum absolute atomic E-state index is 6.05. The van der Waals surface area contributed by atoms with E-state index in [9.17, 15) is 0 Å². The number of nitrogens with two attached hydrogens (primary N) is 1. The predicted octanol–water partition coefficient (Wildman–Crippen LogP) is 1.65. The molecule has 0 bridgehead atoms. The molecule has 2 atom stereocenters. The van der Waals surface area contributed by atoms with Crippen molar-refractivity contribution in [2.24, 2.45) is 5.73 Å². The zero-order chi connectivity index (χ0) is 9.26. The van der Waals surface area contributed by atoms with Gasteiger partial charge in [0.15, 0.2) is 0 Å². The third-order valence-corrected chi connectivity index (χ3v) is 2.62. The van der Waals surface area contributed by atoms with Crippen molar-refractivity contribution in [2.75, 3.05) is 6.61 Å². The molecule has 0 spiro atoms. The first-order valence-electron chi connectivity index (χ1n) is 4.78. The van der Waals surface area contributed by atoms with Crippen molar-refractivity contribution in [2.45, 2.75) is 25.5 Å². The smallest absolute Gasteiger partial charge is 0.0807 e. The molecule has 1 aliphatic rings. The second-order valence-electron chi connectivity index (χ2n) is 3.42. The van der Waals surface area contributed by atoms with Gasteiger partial charge in [-0.2, -0.15) is 0 Å². The first kappa shape index (κ1) is 8.73. The van der Waals surface area contributed by atoms with E-state index >= 15 is 0 Å². The highest BCUT2D eigenvalue weighted by atomic mass is 16.5. The Bertz CT molecular complexity index is 298. The van der Waals surface area contributed by atoms with Crippen molar-refractivity contribution in [1.29, 1.82) is 0 Å². The molecule has 1 aliphatic carbocycles. The fraction of sp³-hybridized carbons (Fsp3) is 0.455. The molecule has 0 saturated heterocycles. The Morgan fingerprint density at radius 3 is 2.92 bits per heavy atom. The highest BCUT2D eigenvalue weighted by molar-refractivity contribution is 5.36. The van der Waals surface area contributed by atoms with Crippen molar-refractivity contribution in [3.63, 3.8) is 0 Å². The molecule has 0 aliphatic heterocycles. The summed E-state index contributed by atoms with van der Waals surface area (Å²) in [7, 11) is 0. The highest BCUT2D eigenvalue weighted by Crippen LogP contribution is 2.30. The van der Waals surface area contributed by atoms with Crippen LogP contribution in [0.1, 0.15) is 24.1 Å². The van der Waals surface area contributed by atoms with E-state index in [1.807, 2.05) is 13.0 Å². The molecule has 70 valence electrons. The third kappa shape index (κ3) is 1.47. The summed E-state index contributed by atoms with van der Waals surface area (Å²) < 4.78 is 5.57. The normalized spacial score (nSPS) is 26.0. The molecule has 0 aromatic heterocycles. The summed E-state index contributed by atoms with van der Waals surface area (Å²) in [5.41, 5.74) is 8.64. The molecule has 13 heavy (non-hydrogen) atoms. The van der Waals surface area contributed by atoms with E-state index in [-0.39, 0.29) is 12.1 Å². The van der Waals surface area contributed by atoms with Crippen LogP contribution in [0.5, 0.6) is 0 Å². The van der Waals surface area contributed by atoms with Gasteiger partial charge in [0, 0.05) is 13.0 Å². The van der Waals surface area contributed by atoms with E-state index in [1.165, 1.54) is 11.1 Å². The minimum absolute atomic E-state index is 0.0659. The fourth-order valence-electron chi connectivity index (χ4n) is 1.97. The number of hydrogen-bond acceptors (Lipinski definition) is 2. The predicted molar refractivity (Wildman–Crippen MR) is 52.5 cm³/mol. The average Bonchev–Trinajstić information content (AvgIpc) is 2.46. The van der Waals surface area contributed by atoms with Crippen molar-refractivity contribution in [1.82, 2.24) is 0 Å². The number of hydrogen-bond donors (Lipinski definition) is 1. The van der Waals surface area contributed by atoms with Crippen molar-refractivity contribution < 1.29 is 4.74 Å². The van der Waals surface area contributed by atoms with Gasteiger partial charge < -0.3 is 10.5 Å². The Kier molecular flexibility index (Phi) is 2.34. The van der Waals surface area contributed by atoms with Gasteiger partial charge in [0.05, 0.1) is 12.1 Å². The second-order valence-corrected chi connectivity index (χ2v) is 3.42. The first-order chi connectivity index (χ1) is 6.33. The van der Waals surface area contributed by atoms with Gasteiger partial charge in [-0.15, -0.1) is 0 Å². The first-order valence-corrected chi connectivity index (χ1v) is 4.78. The van der Waals surface area contributed by atoms with E-state index in [0.717, 1.165) is 13.0 Å². The van der Waals surface area contributed by atoms with Gasteiger partial charge in [-0.1, -0.05) is 24.3 Å². The molecular weight excluding hydrogens is 162 g/mol. The maximum Gasteiger partial charge on any atom is 0.0807 e. The Labute approximate surface area is 78.7 Å². The van der Waals surface area contributed by atoms with Crippen molar-refractivity contribution in [3.05, 3.63) is 35.4 Å². The molecule has 1 aromatic carbocycles. The summed E-state index contributed by atoms with van der Waals surface area (Å²) in [5.74, 6) is 0. The molecule has 2 unspecified atom stereocenters. The Hall–Kier alpha value is -0.860. The molecule has 0 amide bonds. The summed E-state index contributed by atoms with van der Waals surface area (Å²) in [5, 5.41) is 0. The van der Waals surface area contributed by atoms with Crippen LogP contribution < -0.4 is 5.73 Å². The molecule has 2 N–H and O–H groups in total. The number of benzene rings is 1. The van der Waals surface area contributed by atoms with Crippen LogP contribution in [0.2, 0.25) is 0 Å². The third-order valence-electron chi connectivity index (χ3n) is 2.62. The summed E-state index contributed by atoms with van der Waals surface area (Å²) in [6, 6.07) is 8.39. The zero-order valence-electron chi connectivity index (χ0n) is 7.86.